The highest BCUT2D eigenvalue weighted by atomic mass is 16.4. The van der Waals surface area contributed by atoms with E-state index >= 15 is 0 Å². The molecule has 26 heavy (non-hydrogen) atoms. The smallest absolute Gasteiger partial charge is 0.335 e. The van der Waals surface area contributed by atoms with E-state index in [1.54, 1.807) is 36.4 Å². The summed E-state index contributed by atoms with van der Waals surface area (Å²) in [6.45, 7) is 1.83. The maximum absolute atomic E-state index is 11.1. The Hall–Kier alpha value is -3.92. The van der Waals surface area contributed by atoms with Crippen LogP contribution in [0.1, 0.15) is 21.6 Å². The lowest BCUT2D eigenvalue weighted by molar-refractivity contribution is 0.0697. The summed E-state index contributed by atoms with van der Waals surface area (Å²) in [7, 11) is 0. The third-order valence-electron chi connectivity index (χ3n) is 3.48. The molecule has 0 aliphatic heterocycles. The minimum Gasteiger partial charge on any atom is -0.478 e. The maximum atomic E-state index is 11.1. The number of carboxylic acid groups (broad SMARTS) is 1. The van der Waals surface area contributed by atoms with Crippen LogP contribution in [-0.4, -0.2) is 21.0 Å². The van der Waals surface area contributed by atoms with Crippen molar-refractivity contribution in [3.05, 3.63) is 71.4 Å². The predicted molar refractivity (Wildman–Crippen MR) is 97.9 cm³/mol. The number of carboxylic acids is 1. The van der Waals surface area contributed by atoms with Crippen LogP contribution in [0.25, 0.3) is 0 Å². The fourth-order valence-corrected chi connectivity index (χ4v) is 2.36. The van der Waals surface area contributed by atoms with E-state index in [9.17, 15) is 4.79 Å². The standard InChI is InChI=1S/C19H15N5O2/c1-12-8-17(22-16-7-3-5-14(10-16)18(25)26)24-19(21-12)23-15-6-2-4-13(9-15)11-20/h2-10H,1H3,(H,25,26)(H2,21,22,23,24). The minimum absolute atomic E-state index is 0.187. The normalized spacial score (nSPS) is 10.0. The average Bonchev–Trinajstić information content (AvgIpc) is 2.61. The van der Waals surface area contributed by atoms with E-state index in [0.29, 0.717) is 28.7 Å². The second-order valence-corrected chi connectivity index (χ2v) is 5.55. The summed E-state index contributed by atoms with van der Waals surface area (Å²) in [6.07, 6.45) is 0. The van der Waals surface area contributed by atoms with Crippen molar-refractivity contribution in [3.63, 3.8) is 0 Å². The van der Waals surface area contributed by atoms with E-state index < -0.39 is 5.97 Å². The lowest BCUT2D eigenvalue weighted by atomic mass is 10.2. The molecule has 0 fully saturated rings. The molecule has 3 N–H and O–H groups in total. The molecule has 0 saturated heterocycles. The molecule has 0 unspecified atom stereocenters. The highest BCUT2D eigenvalue weighted by molar-refractivity contribution is 5.89. The van der Waals surface area contributed by atoms with Crippen LogP contribution in [0.3, 0.4) is 0 Å². The molecule has 1 heterocycles. The average molecular weight is 345 g/mol. The second-order valence-electron chi connectivity index (χ2n) is 5.55. The molecule has 1 aromatic heterocycles. The van der Waals surface area contributed by atoms with Gasteiger partial charge in [-0.25, -0.2) is 9.78 Å². The molecular formula is C19H15N5O2. The first-order valence-corrected chi connectivity index (χ1v) is 7.77. The number of rotatable bonds is 5. The molecular weight excluding hydrogens is 330 g/mol. The van der Waals surface area contributed by atoms with Crippen LogP contribution in [0.2, 0.25) is 0 Å². The summed E-state index contributed by atoms with van der Waals surface area (Å²) in [4.78, 5) is 19.8. The Labute approximate surface area is 150 Å². The van der Waals surface area contributed by atoms with Crippen molar-refractivity contribution in [1.82, 2.24) is 9.97 Å². The van der Waals surface area contributed by atoms with Crippen molar-refractivity contribution in [2.24, 2.45) is 0 Å². The minimum atomic E-state index is -0.993. The fourth-order valence-electron chi connectivity index (χ4n) is 2.36. The molecule has 3 aromatic rings. The molecule has 128 valence electrons. The lowest BCUT2D eigenvalue weighted by Crippen LogP contribution is -2.03. The highest BCUT2D eigenvalue weighted by Crippen LogP contribution is 2.20. The summed E-state index contributed by atoms with van der Waals surface area (Å²) in [5, 5.41) is 24.2. The molecule has 7 heteroatoms. The number of nitrogens with one attached hydrogen (secondary N) is 2. The van der Waals surface area contributed by atoms with Gasteiger partial charge >= 0.3 is 5.97 Å². The van der Waals surface area contributed by atoms with Gasteiger partial charge in [0.2, 0.25) is 5.95 Å². The molecule has 2 aromatic carbocycles. The summed E-state index contributed by atoms with van der Waals surface area (Å²) in [6, 6.07) is 17.3. The zero-order chi connectivity index (χ0) is 18.5. The largest absolute Gasteiger partial charge is 0.478 e. The number of carbonyl (C=O) groups is 1. The zero-order valence-electron chi connectivity index (χ0n) is 13.9. The van der Waals surface area contributed by atoms with E-state index in [2.05, 4.69) is 26.7 Å². The van der Waals surface area contributed by atoms with Crippen LogP contribution in [0.5, 0.6) is 0 Å². The third kappa shape index (κ3) is 4.13. The Morgan fingerprint density at radius 2 is 1.77 bits per heavy atom. The number of hydrogen-bond donors (Lipinski definition) is 3. The number of aromatic carboxylic acids is 1. The van der Waals surface area contributed by atoms with E-state index in [0.717, 1.165) is 5.69 Å². The molecule has 0 amide bonds. The van der Waals surface area contributed by atoms with Gasteiger partial charge in [0.1, 0.15) is 5.82 Å². The first kappa shape index (κ1) is 16.9. The van der Waals surface area contributed by atoms with Gasteiger partial charge in [-0.15, -0.1) is 0 Å². The third-order valence-corrected chi connectivity index (χ3v) is 3.48. The number of nitriles is 1. The van der Waals surface area contributed by atoms with Gasteiger partial charge in [-0.05, 0) is 43.3 Å². The van der Waals surface area contributed by atoms with E-state index in [1.165, 1.54) is 12.1 Å². The molecule has 0 aliphatic carbocycles. The number of nitrogens with zero attached hydrogens (tertiary/aromatic N) is 3. The van der Waals surface area contributed by atoms with Crippen LogP contribution in [-0.2, 0) is 0 Å². The van der Waals surface area contributed by atoms with Crippen LogP contribution < -0.4 is 10.6 Å². The Morgan fingerprint density at radius 3 is 2.50 bits per heavy atom. The van der Waals surface area contributed by atoms with Gasteiger partial charge < -0.3 is 15.7 Å². The summed E-state index contributed by atoms with van der Waals surface area (Å²) in [5.41, 5.74) is 2.77. The van der Waals surface area contributed by atoms with Crippen LogP contribution >= 0.6 is 0 Å². The van der Waals surface area contributed by atoms with Crippen molar-refractivity contribution >= 4 is 29.1 Å². The molecule has 0 saturated carbocycles. The summed E-state index contributed by atoms with van der Waals surface area (Å²) < 4.78 is 0. The van der Waals surface area contributed by atoms with Crippen molar-refractivity contribution in [2.45, 2.75) is 6.92 Å². The van der Waals surface area contributed by atoms with Crippen molar-refractivity contribution < 1.29 is 9.90 Å². The molecule has 0 bridgehead atoms. The Morgan fingerprint density at radius 1 is 1.04 bits per heavy atom. The number of hydrogen-bond acceptors (Lipinski definition) is 6. The van der Waals surface area contributed by atoms with Gasteiger partial charge in [-0.2, -0.15) is 10.2 Å². The number of aryl methyl sites for hydroxylation is 1. The van der Waals surface area contributed by atoms with E-state index in [-0.39, 0.29) is 5.56 Å². The van der Waals surface area contributed by atoms with Crippen molar-refractivity contribution in [3.8, 4) is 6.07 Å². The van der Waals surface area contributed by atoms with Gasteiger partial charge in [-0.1, -0.05) is 12.1 Å². The van der Waals surface area contributed by atoms with Crippen LogP contribution in [0.15, 0.2) is 54.6 Å². The molecule has 3 rings (SSSR count). The Kier molecular flexibility index (Phi) is 4.76. The number of anilines is 4. The molecule has 0 radical (unpaired) electrons. The molecule has 7 nitrogen and oxygen atoms in total. The number of aromatic nitrogens is 2. The Bertz CT molecular complexity index is 1010. The first-order valence-electron chi connectivity index (χ1n) is 7.77. The van der Waals surface area contributed by atoms with Gasteiger partial charge in [0.15, 0.2) is 0 Å². The maximum Gasteiger partial charge on any atom is 0.335 e. The van der Waals surface area contributed by atoms with Gasteiger partial charge in [0, 0.05) is 23.1 Å². The van der Waals surface area contributed by atoms with Gasteiger partial charge in [0.05, 0.1) is 17.2 Å². The highest BCUT2D eigenvalue weighted by Gasteiger charge is 2.07. The summed E-state index contributed by atoms with van der Waals surface area (Å²) >= 11 is 0. The molecule has 0 spiro atoms. The molecule has 0 atom stereocenters. The lowest BCUT2D eigenvalue weighted by Gasteiger charge is -2.10. The number of benzene rings is 2. The quantitative estimate of drug-likeness (QED) is 0.644. The van der Waals surface area contributed by atoms with Crippen molar-refractivity contribution in [2.75, 3.05) is 10.6 Å². The molecule has 0 aliphatic rings. The fraction of sp³-hybridized carbons (Fsp3) is 0.0526. The first-order chi connectivity index (χ1) is 12.5. The predicted octanol–water partition coefficient (Wildman–Crippen LogP) is 3.84. The van der Waals surface area contributed by atoms with Crippen LogP contribution in [0.4, 0.5) is 23.1 Å². The second kappa shape index (κ2) is 7.32. The van der Waals surface area contributed by atoms with Gasteiger partial charge in [-0.3, -0.25) is 0 Å². The van der Waals surface area contributed by atoms with E-state index in [4.69, 9.17) is 10.4 Å². The van der Waals surface area contributed by atoms with Crippen LogP contribution in [0, 0.1) is 18.3 Å². The SMILES string of the molecule is Cc1cc(Nc2cccc(C(=O)O)c2)nc(Nc2cccc(C#N)c2)n1. The summed E-state index contributed by atoms with van der Waals surface area (Å²) in [5.74, 6) is -0.0943. The Balaban J connectivity index is 1.84. The zero-order valence-corrected chi connectivity index (χ0v) is 13.9. The monoisotopic (exact) mass is 345 g/mol. The van der Waals surface area contributed by atoms with Crippen molar-refractivity contribution in [1.29, 1.82) is 5.26 Å². The van der Waals surface area contributed by atoms with Gasteiger partial charge in [0.25, 0.3) is 0 Å². The topological polar surface area (TPSA) is 111 Å². The van der Waals surface area contributed by atoms with E-state index in [1.807, 2.05) is 13.0 Å².